The molecule has 0 saturated carbocycles. The third-order valence-corrected chi connectivity index (χ3v) is 4.66. The lowest BCUT2D eigenvalue weighted by molar-refractivity contribution is 0.0709. The highest BCUT2D eigenvalue weighted by molar-refractivity contribution is 5.94. The van der Waals surface area contributed by atoms with Crippen molar-refractivity contribution in [1.29, 1.82) is 0 Å². The van der Waals surface area contributed by atoms with Crippen LogP contribution in [0.4, 0.5) is 14.9 Å². The van der Waals surface area contributed by atoms with E-state index in [1.54, 1.807) is 17.0 Å². The number of halogens is 2. The summed E-state index contributed by atoms with van der Waals surface area (Å²) < 4.78 is 12.9. The van der Waals surface area contributed by atoms with E-state index in [2.05, 4.69) is 10.6 Å². The van der Waals surface area contributed by atoms with Crippen molar-refractivity contribution in [3.63, 3.8) is 0 Å². The first-order valence-corrected chi connectivity index (χ1v) is 8.96. The van der Waals surface area contributed by atoms with E-state index in [4.69, 9.17) is 5.73 Å². The fraction of sp³-hybridized carbons (Fsp3) is 0.300. The monoisotopic (exact) mass is 406 g/mol. The molecular weight excluding hydrogens is 383 g/mol. The van der Waals surface area contributed by atoms with Crippen molar-refractivity contribution in [3.05, 3.63) is 65.5 Å². The van der Waals surface area contributed by atoms with Crippen LogP contribution >= 0.6 is 12.4 Å². The lowest BCUT2D eigenvalue weighted by Crippen LogP contribution is -2.47. The number of rotatable bonds is 4. The van der Waals surface area contributed by atoms with Gasteiger partial charge in [-0.3, -0.25) is 4.79 Å². The molecular formula is C20H24ClFN4O2. The quantitative estimate of drug-likeness (QED) is 0.728. The average Bonchev–Trinajstić information content (AvgIpc) is 2.70. The van der Waals surface area contributed by atoms with Gasteiger partial charge in [0.25, 0.3) is 5.91 Å². The highest BCUT2D eigenvalue weighted by Crippen LogP contribution is 2.15. The summed E-state index contributed by atoms with van der Waals surface area (Å²) in [6.45, 7) is 1.61. The van der Waals surface area contributed by atoms with Gasteiger partial charge in [0, 0.05) is 36.9 Å². The van der Waals surface area contributed by atoms with E-state index in [9.17, 15) is 14.0 Å². The van der Waals surface area contributed by atoms with E-state index < -0.39 is 0 Å². The Hall–Kier alpha value is -2.64. The van der Waals surface area contributed by atoms with Crippen LogP contribution in [0.25, 0.3) is 0 Å². The Balaban J connectivity index is 0.00000280. The van der Waals surface area contributed by atoms with Crippen LogP contribution < -0.4 is 16.4 Å². The molecule has 2 aromatic carbocycles. The molecule has 0 unspecified atom stereocenters. The molecule has 150 valence electrons. The molecule has 1 aliphatic heterocycles. The van der Waals surface area contributed by atoms with E-state index >= 15 is 0 Å². The Morgan fingerprint density at radius 2 is 1.64 bits per heavy atom. The maximum Gasteiger partial charge on any atom is 0.319 e. The molecule has 0 spiro atoms. The highest BCUT2D eigenvalue weighted by Gasteiger charge is 2.24. The number of anilines is 1. The van der Waals surface area contributed by atoms with Gasteiger partial charge in [-0.25, -0.2) is 9.18 Å². The predicted octanol–water partition coefficient (Wildman–Crippen LogP) is 3.13. The second-order valence-corrected chi connectivity index (χ2v) is 6.57. The number of carbonyl (C=O) groups is 2. The Morgan fingerprint density at radius 3 is 2.21 bits per heavy atom. The zero-order chi connectivity index (χ0) is 19.2. The molecule has 8 heteroatoms. The fourth-order valence-electron chi connectivity index (χ4n) is 3.08. The maximum atomic E-state index is 12.9. The van der Waals surface area contributed by atoms with E-state index in [0.717, 1.165) is 5.56 Å². The molecule has 0 aromatic heterocycles. The number of hydrogen-bond acceptors (Lipinski definition) is 3. The number of urea groups is 1. The molecule has 0 atom stereocenters. The molecule has 3 rings (SSSR count). The minimum atomic E-state index is -0.351. The number of nitrogens with one attached hydrogen (secondary N) is 2. The van der Waals surface area contributed by atoms with Crippen molar-refractivity contribution in [3.8, 4) is 0 Å². The molecule has 4 N–H and O–H groups in total. The van der Waals surface area contributed by atoms with Gasteiger partial charge < -0.3 is 21.3 Å². The Bertz CT molecular complexity index is 791. The summed E-state index contributed by atoms with van der Waals surface area (Å²) in [6, 6.07) is 12.6. The number of benzene rings is 2. The summed E-state index contributed by atoms with van der Waals surface area (Å²) in [5, 5.41) is 5.58. The number of hydrogen-bond donors (Lipinski definition) is 3. The topological polar surface area (TPSA) is 87.5 Å². The van der Waals surface area contributed by atoms with Crippen LogP contribution in [0.2, 0.25) is 0 Å². The number of carbonyl (C=O) groups excluding carboxylic acids is 2. The van der Waals surface area contributed by atoms with Crippen molar-refractivity contribution in [2.75, 3.05) is 18.4 Å². The van der Waals surface area contributed by atoms with Gasteiger partial charge in [-0.1, -0.05) is 12.1 Å². The van der Waals surface area contributed by atoms with E-state index in [-0.39, 0.29) is 36.2 Å². The first-order valence-electron chi connectivity index (χ1n) is 8.96. The van der Waals surface area contributed by atoms with Crippen molar-refractivity contribution in [2.45, 2.75) is 25.4 Å². The molecule has 2 aromatic rings. The average molecular weight is 407 g/mol. The first kappa shape index (κ1) is 21.7. The molecule has 3 amide bonds. The lowest BCUT2D eigenvalue weighted by atomic mass is 10.0. The molecule has 0 radical (unpaired) electrons. The summed E-state index contributed by atoms with van der Waals surface area (Å²) >= 11 is 0. The maximum absolute atomic E-state index is 12.9. The van der Waals surface area contributed by atoms with Crippen LogP contribution in [0.15, 0.2) is 48.5 Å². The molecule has 1 saturated heterocycles. The summed E-state index contributed by atoms with van der Waals surface area (Å²) in [5.74, 6) is -0.358. The summed E-state index contributed by atoms with van der Waals surface area (Å²) in [4.78, 5) is 26.4. The van der Waals surface area contributed by atoms with Gasteiger partial charge in [0.1, 0.15) is 5.82 Å². The van der Waals surface area contributed by atoms with Crippen molar-refractivity contribution >= 4 is 30.0 Å². The molecule has 28 heavy (non-hydrogen) atoms. The van der Waals surface area contributed by atoms with Crippen LogP contribution in [-0.2, 0) is 6.54 Å². The van der Waals surface area contributed by atoms with Crippen LogP contribution in [0.3, 0.4) is 0 Å². The van der Waals surface area contributed by atoms with Gasteiger partial charge in [0.05, 0.1) is 0 Å². The minimum Gasteiger partial charge on any atom is -0.338 e. The standard InChI is InChI=1S/C20H23FN4O2.ClH/c21-16-5-7-17(8-6-16)23-20(27)24-18-9-11-25(12-10-18)19(26)15-3-1-14(13-22)2-4-15;/h1-8,18H,9-13,22H2,(H2,23,24,27);1H. The van der Waals surface area contributed by atoms with Gasteiger partial charge in [-0.15, -0.1) is 12.4 Å². The second kappa shape index (κ2) is 10.1. The minimum absolute atomic E-state index is 0. The van der Waals surface area contributed by atoms with Crippen molar-refractivity contribution in [1.82, 2.24) is 10.2 Å². The highest BCUT2D eigenvalue weighted by atomic mass is 35.5. The van der Waals surface area contributed by atoms with Gasteiger partial charge in [0.2, 0.25) is 0 Å². The number of amides is 3. The zero-order valence-electron chi connectivity index (χ0n) is 15.4. The molecule has 1 heterocycles. The van der Waals surface area contributed by atoms with E-state index in [0.29, 0.717) is 43.7 Å². The summed E-state index contributed by atoms with van der Waals surface area (Å²) in [5.41, 5.74) is 7.74. The van der Waals surface area contributed by atoms with Crippen LogP contribution in [0, 0.1) is 5.82 Å². The van der Waals surface area contributed by atoms with Gasteiger partial charge in [0.15, 0.2) is 0 Å². The Morgan fingerprint density at radius 1 is 1.04 bits per heavy atom. The van der Waals surface area contributed by atoms with E-state index in [1.807, 2.05) is 12.1 Å². The van der Waals surface area contributed by atoms with Crippen molar-refractivity contribution < 1.29 is 14.0 Å². The Kier molecular flexibility index (Phi) is 7.78. The number of likely N-dealkylation sites (tertiary alicyclic amines) is 1. The Labute approximate surface area is 169 Å². The SMILES string of the molecule is Cl.NCc1ccc(C(=O)N2CCC(NC(=O)Nc3ccc(F)cc3)CC2)cc1. The fourth-order valence-corrected chi connectivity index (χ4v) is 3.08. The van der Waals surface area contributed by atoms with Gasteiger partial charge >= 0.3 is 6.03 Å². The molecule has 0 bridgehead atoms. The third-order valence-electron chi connectivity index (χ3n) is 4.66. The van der Waals surface area contributed by atoms with Crippen LogP contribution in [0.1, 0.15) is 28.8 Å². The second-order valence-electron chi connectivity index (χ2n) is 6.57. The largest absolute Gasteiger partial charge is 0.338 e. The normalized spacial score (nSPS) is 14.1. The zero-order valence-corrected chi connectivity index (χ0v) is 16.2. The number of nitrogens with zero attached hydrogens (tertiary/aromatic N) is 1. The predicted molar refractivity (Wildman–Crippen MR) is 109 cm³/mol. The van der Waals surface area contributed by atoms with Gasteiger partial charge in [-0.05, 0) is 54.8 Å². The molecule has 0 aliphatic carbocycles. The summed E-state index contributed by atoms with van der Waals surface area (Å²) in [7, 11) is 0. The van der Waals surface area contributed by atoms with E-state index in [1.165, 1.54) is 24.3 Å². The lowest BCUT2D eigenvalue weighted by Gasteiger charge is -2.32. The number of nitrogens with two attached hydrogens (primary N) is 1. The van der Waals surface area contributed by atoms with Crippen LogP contribution in [-0.4, -0.2) is 36.0 Å². The molecule has 6 nitrogen and oxygen atoms in total. The third kappa shape index (κ3) is 5.68. The smallest absolute Gasteiger partial charge is 0.319 e. The van der Waals surface area contributed by atoms with Crippen LogP contribution in [0.5, 0.6) is 0 Å². The first-order chi connectivity index (χ1) is 13.0. The molecule has 1 aliphatic rings. The van der Waals surface area contributed by atoms with Crippen molar-refractivity contribution in [2.24, 2.45) is 5.73 Å². The summed E-state index contributed by atoms with van der Waals surface area (Å²) in [6.07, 6.45) is 1.37. The van der Waals surface area contributed by atoms with Gasteiger partial charge in [-0.2, -0.15) is 0 Å². The molecule has 1 fully saturated rings. The number of piperidine rings is 1.